The van der Waals surface area contributed by atoms with E-state index in [-0.39, 0.29) is 18.5 Å². The van der Waals surface area contributed by atoms with Gasteiger partial charge >= 0.3 is 5.69 Å². The summed E-state index contributed by atoms with van der Waals surface area (Å²) in [4.78, 5) is 36.1. The van der Waals surface area contributed by atoms with E-state index in [0.29, 0.717) is 21.5 Å². The number of hydrazone groups is 1. The van der Waals surface area contributed by atoms with Crippen molar-refractivity contribution in [3.05, 3.63) is 43.0 Å². The van der Waals surface area contributed by atoms with Crippen molar-refractivity contribution in [1.29, 1.82) is 0 Å². The molecule has 12 heteroatoms. The number of ether oxygens (including phenoxy) is 2. The van der Waals surface area contributed by atoms with E-state index in [1.54, 1.807) is 12.1 Å². The van der Waals surface area contributed by atoms with Crippen molar-refractivity contribution in [1.82, 2.24) is 20.6 Å². The molecule has 0 saturated heterocycles. The normalized spacial score (nSPS) is 10.9. The first-order valence-corrected chi connectivity index (χ1v) is 8.88. The highest BCUT2D eigenvalue weighted by Crippen LogP contribution is 2.36. The van der Waals surface area contributed by atoms with Crippen molar-refractivity contribution in [2.24, 2.45) is 5.10 Å². The third-order valence-corrected chi connectivity index (χ3v) is 3.73. The molecule has 11 nitrogen and oxygen atoms in total. The number of H-pyrrole nitrogens is 2. The van der Waals surface area contributed by atoms with Crippen LogP contribution in [0, 0.1) is 0 Å². The van der Waals surface area contributed by atoms with Crippen LogP contribution in [0.1, 0.15) is 19.4 Å². The smallest absolute Gasteiger partial charge is 0.342 e. The van der Waals surface area contributed by atoms with Gasteiger partial charge in [-0.3, -0.25) is 14.6 Å². The predicted molar refractivity (Wildman–Crippen MR) is 106 cm³/mol. The van der Waals surface area contributed by atoms with Gasteiger partial charge in [0.25, 0.3) is 11.5 Å². The summed E-state index contributed by atoms with van der Waals surface area (Å²) in [6.07, 6.45) is 1.40. The maximum absolute atomic E-state index is 11.8. The maximum Gasteiger partial charge on any atom is 0.342 e. The molecule has 0 unspecified atom stereocenters. The standard InChI is InChI=1S/C16H19BrN6O5/c1-8(2)28-13-10(17)4-9(5-11(13)27-3)6-19-21-12(24)7-18-14-15(25)20-16(26)23-22-14/h4-6,8H,7H2,1-3H3,(H,18,22)(H,21,24)(H2,20,23,25,26)/b19-6+. The van der Waals surface area contributed by atoms with Crippen LogP contribution in [-0.2, 0) is 4.79 Å². The number of halogens is 1. The number of aromatic nitrogens is 3. The Hall–Kier alpha value is -3.15. The van der Waals surface area contributed by atoms with Crippen LogP contribution in [-0.4, -0.2) is 47.1 Å². The molecule has 1 amide bonds. The number of nitrogens with zero attached hydrogens (tertiary/aromatic N) is 2. The summed E-state index contributed by atoms with van der Waals surface area (Å²) in [5.74, 6) is 0.380. The zero-order valence-electron chi connectivity index (χ0n) is 15.3. The highest BCUT2D eigenvalue weighted by atomic mass is 79.9. The Kier molecular flexibility index (Phi) is 7.32. The lowest BCUT2D eigenvalue weighted by molar-refractivity contribution is -0.119. The van der Waals surface area contributed by atoms with E-state index in [9.17, 15) is 14.4 Å². The molecule has 28 heavy (non-hydrogen) atoms. The van der Waals surface area contributed by atoms with Crippen molar-refractivity contribution in [3.63, 3.8) is 0 Å². The van der Waals surface area contributed by atoms with E-state index in [0.717, 1.165) is 0 Å². The first-order valence-electron chi connectivity index (χ1n) is 8.09. The van der Waals surface area contributed by atoms with Crippen LogP contribution < -0.4 is 31.5 Å². The van der Waals surface area contributed by atoms with Crippen molar-refractivity contribution in [2.45, 2.75) is 20.0 Å². The van der Waals surface area contributed by atoms with E-state index in [1.807, 2.05) is 23.9 Å². The number of aromatic amines is 2. The Morgan fingerprint density at radius 2 is 2.14 bits per heavy atom. The molecule has 0 radical (unpaired) electrons. The summed E-state index contributed by atoms with van der Waals surface area (Å²) in [5, 5.41) is 11.9. The van der Waals surface area contributed by atoms with Gasteiger partial charge < -0.3 is 14.8 Å². The van der Waals surface area contributed by atoms with Crippen molar-refractivity contribution in [3.8, 4) is 11.5 Å². The third-order valence-electron chi connectivity index (χ3n) is 3.14. The molecule has 0 spiro atoms. The lowest BCUT2D eigenvalue weighted by atomic mass is 10.2. The van der Waals surface area contributed by atoms with Crippen LogP contribution >= 0.6 is 15.9 Å². The van der Waals surface area contributed by atoms with E-state index < -0.39 is 17.2 Å². The molecule has 0 aliphatic heterocycles. The largest absolute Gasteiger partial charge is 0.493 e. The minimum atomic E-state index is -0.740. The Morgan fingerprint density at radius 1 is 1.39 bits per heavy atom. The molecular formula is C16H19BrN6O5. The van der Waals surface area contributed by atoms with Gasteiger partial charge in [0.1, 0.15) is 0 Å². The highest BCUT2D eigenvalue weighted by molar-refractivity contribution is 9.10. The van der Waals surface area contributed by atoms with Crippen LogP contribution in [0.5, 0.6) is 11.5 Å². The molecule has 0 aliphatic carbocycles. The van der Waals surface area contributed by atoms with Crippen LogP contribution in [0.4, 0.5) is 5.82 Å². The predicted octanol–water partition coefficient (Wildman–Crippen LogP) is 0.579. The molecule has 0 saturated carbocycles. The Bertz CT molecular complexity index is 984. The second-order valence-electron chi connectivity index (χ2n) is 5.70. The number of carbonyl (C=O) groups is 1. The summed E-state index contributed by atoms with van der Waals surface area (Å²) in [5.41, 5.74) is 1.49. The Balaban J connectivity index is 1.98. The summed E-state index contributed by atoms with van der Waals surface area (Å²) >= 11 is 3.42. The molecule has 0 atom stereocenters. The number of carbonyl (C=O) groups excluding carboxylic acids is 1. The van der Waals surface area contributed by atoms with Gasteiger partial charge in [-0.25, -0.2) is 15.3 Å². The van der Waals surface area contributed by atoms with E-state index in [2.05, 4.69) is 36.9 Å². The molecule has 1 aromatic carbocycles. The van der Waals surface area contributed by atoms with Gasteiger partial charge in [-0.2, -0.15) is 5.10 Å². The molecule has 0 aliphatic rings. The van der Waals surface area contributed by atoms with Gasteiger partial charge in [0, 0.05) is 0 Å². The van der Waals surface area contributed by atoms with Crippen molar-refractivity contribution in [2.75, 3.05) is 19.0 Å². The van der Waals surface area contributed by atoms with Gasteiger partial charge in [0.15, 0.2) is 11.5 Å². The van der Waals surface area contributed by atoms with Gasteiger partial charge in [-0.1, -0.05) is 0 Å². The first-order chi connectivity index (χ1) is 13.3. The number of hydrogen-bond acceptors (Lipinski definition) is 8. The Labute approximate surface area is 167 Å². The van der Waals surface area contributed by atoms with E-state index >= 15 is 0 Å². The zero-order chi connectivity index (χ0) is 20.7. The fraction of sp³-hybridized carbons (Fsp3) is 0.312. The fourth-order valence-corrected chi connectivity index (χ4v) is 2.57. The van der Waals surface area contributed by atoms with Crippen LogP contribution in [0.3, 0.4) is 0 Å². The first kappa shape index (κ1) is 21.2. The van der Waals surface area contributed by atoms with Crippen LogP contribution in [0.25, 0.3) is 0 Å². The van der Waals surface area contributed by atoms with Crippen LogP contribution in [0.2, 0.25) is 0 Å². The number of hydrogen-bond donors (Lipinski definition) is 4. The lowest BCUT2D eigenvalue weighted by Gasteiger charge is -2.15. The fourth-order valence-electron chi connectivity index (χ4n) is 2.01. The molecule has 0 fully saturated rings. The molecule has 0 bridgehead atoms. The number of anilines is 1. The number of nitrogens with one attached hydrogen (secondary N) is 4. The van der Waals surface area contributed by atoms with E-state index in [4.69, 9.17) is 9.47 Å². The van der Waals surface area contributed by atoms with Crippen molar-refractivity contribution >= 4 is 33.9 Å². The average molecular weight is 455 g/mol. The minimum absolute atomic E-state index is 0.0272. The minimum Gasteiger partial charge on any atom is -0.493 e. The van der Waals surface area contributed by atoms with Gasteiger partial charge in [0.05, 0.1) is 30.4 Å². The zero-order valence-corrected chi connectivity index (χ0v) is 16.9. The van der Waals surface area contributed by atoms with Gasteiger partial charge in [0.2, 0.25) is 5.82 Å². The van der Waals surface area contributed by atoms with Crippen LogP contribution in [0.15, 0.2) is 31.3 Å². The maximum atomic E-state index is 11.8. The molecule has 150 valence electrons. The molecule has 1 aromatic heterocycles. The average Bonchev–Trinajstić information content (AvgIpc) is 2.62. The topological polar surface area (TPSA) is 151 Å². The van der Waals surface area contributed by atoms with Gasteiger partial charge in [-0.15, -0.1) is 5.10 Å². The quantitative estimate of drug-likeness (QED) is 0.336. The highest BCUT2D eigenvalue weighted by Gasteiger charge is 2.12. The number of rotatable bonds is 8. The SMILES string of the molecule is COc1cc(/C=N/NC(=O)CNc2n[nH]c(=O)[nH]c2=O)cc(Br)c1OC(C)C. The molecule has 2 rings (SSSR count). The number of benzene rings is 1. The summed E-state index contributed by atoms with van der Waals surface area (Å²) in [6, 6.07) is 3.47. The molecular weight excluding hydrogens is 436 g/mol. The number of methoxy groups -OCH3 is 1. The lowest BCUT2D eigenvalue weighted by Crippen LogP contribution is -2.31. The summed E-state index contributed by atoms with van der Waals surface area (Å²) in [6.45, 7) is 3.54. The number of amides is 1. The van der Waals surface area contributed by atoms with Gasteiger partial charge in [-0.05, 0) is 47.5 Å². The summed E-state index contributed by atoms with van der Waals surface area (Å²) in [7, 11) is 1.52. The molecule has 1 heterocycles. The molecule has 4 N–H and O–H groups in total. The second-order valence-corrected chi connectivity index (χ2v) is 6.56. The third kappa shape index (κ3) is 5.94. The second kappa shape index (κ2) is 9.69. The monoisotopic (exact) mass is 454 g/mol. The van der Waals surface area contributed by atoms with Crippen molar-refractivity contribution < 1.29 is 14.3 Å². The van der Waals surface area contributed by atoms with E-state index in [1.165, 1.54) is 13.3 Å². The molecule has 2 aromatic rings. The summed E-state index contributed by atoms with van der Waals surface area (Å²) < 4.78 is 11.7. The Morgan fingerprint density at radius 3 is 2.79 bits per heavy atom.